The molecule has 4 unspecified atom stereocenters. The molecule has 46 heavy (non-hydrogen) atoms. The zero-order chi connectivity index (χ0) is 34.1. The van der Waals surface area contributed by atoms with Crippen molar-refractivity contribution in [1.29, 1.82) is 0 Å². The van der Waals surface area contributed by atoms with Gasteiger partial charge in [-0.2, -0.15) is 0 Å². The predicted octanol–water partition coefficient (Wildman–Crippen LogP) is 10.1. The van der Waals surface area contributed by atoms with Crippen LogP contribution < -0.4 is 9.47 Å². The lowest BCUT2D eigenvalue weighted by Gasteiger charge is -2.16. The van der Waals surface area contributed by atoms with Gasteiger partial charge in [-0.05, 0) is 73.3 Å². The highest BCUT2D eigenvalue weighted by atomic mass is 35.5. The first kappa shape index (κ1) is 36.9. The predicted molar refractivity (Wildman–Crippen MR) is 177 cm³/mol. The molecule has 8 nitrogen and oxygen atoms in total. The van der Waals surface area contributed by atoms with Crippen LogP contribution in [0.15, 0.2) is 12.1 Å². The summed E-state index contributed by atoms with van der Waals surface area (Å²) in [5.41, 5.74) is -0.493. The van der Waals surface area contributed by atoms with Crippen molar-refractivity contribution in [2.45, 2.75) is 66.2 Å². The second kappa shape index (κ2) is 14.7. The third-order valence-electron chi connectivity index (χ3n) is 9.07. The van der Waals surface area contributed by atoms with Crippen LogP contribution in [0.3, 0.4) is 0 Å². The maximum Gasteiger partial charge on any atom is 0.423 e. The Labute approximate surface area is 297 Å². The summed E-state index contributed by atoms with van der Waals surface area (Å²) in [6.07, 6.45) is 5.08. The number of halogens is 6. The number of carbonyl (C=O) groups is 4. The van der Waals surface area contributed by atoms with E-state index in [1.165, 1.54) is 0 Å². The molecular weight excluding hydrogens is 725 g/mol. The highest BCUT2D eigenvalue weighted by molar-refractivity contribution is 6.47. The van der Waals surface area contributed by atoms with E-state index in [0.29, 0.717) is 24.7 Å². The zero-order valence-corrected chi connectivity index (χ0v) is 30.0. The van der Waals surface area contributed by atoms with E-state index in [0.717, 1.165) is 37.8 Å². The third-order valence-corrected chi connectivity index (χ3v) is 11.2. The molecule has 2 aliphatic rings. The molecular formula is C32H32Cl6O8. The summed E-state index contributed by atoms with van der Waals surface area (Å²) in [6, 6.07) is 2.25. The first-order chi connectivity index (χ1) is 21.5. The van der Waals surface area contributed by atoms with Gasteiger partial charge >= 0.3 is 23.9 Å². The molecule has 2 fully saturated rings. The van der Waals surface area contributed by atoms with Crippen LogP contribution in [0.1, 0.15) is 86.9 Å². The van der Waals surface area contributed by atoms with Crippen LogP contribution in [0.4, 0.5) is 0 Å². The van der Waals surface area contributed by atoms with E-state index in [1.54, 1.807) is 0 Å². The number of hydrogen-bond donors (Lipinski definition) is 0. The molecule has 2 aliphatic carbocycles. The van der Waals surface area contributed by atoms with Crippen LogP contribution >= 0.6 is 69.6 Å². The van der Waals surface area contributed by atoms with Crippen molar-refractivity contribution in [2.24, 2.45) is 22.7 Å². The zero-order valence-electron chi connectivity index (χ0n) is 25.5. The van der Waals surface area contributed by atoms with Crippen LogP contribution in [-0.2, 0) is 19.1 Å². The molecule has 0 amide bonds. The van der Waals surface area contributed by atoms with Crippen molar-refractivity contribution in [3.8, 4) is 11.5 Å². The molecule has 0 saturated heterocycles. The fraction of sp³-hybridized carbons (Fsp3) is 0.500. The van der Waals surface area contributed by atoms with E-state index in [-0.39, 0.29) is 54.2 Å². The molecule has 2 aromatic carbocycles. The van der Waals surface area contributed by atoms with E-state index in [4.69, 9.17) is 88.6 Å². The quantitative estimate of drug-likeness (QED) is 0.0693. The number of ether oxygens (including phenoxy) is 4. The Hall–Kier alpha value is -1.94. The molecule has 250 valence electrons. The van der Waals surface area contributed by atoms with Crippen molar-refractivity contribution in [3.05, 3.63) is 53.4 Å². The molecule has 4 rings (SSSR count). The van der Waals surface area contributed by atoms with Crippen LogP contribution in [0.5, 0.6) is 11.5 Å². The standard InChI is InChI=1S/C32H32Cl6O8/c1-15-13-31(15,3)7-5-9-43-27(39)21-23(37)17(33)11-19(35)25(21)45-29(41)30(42)46-26-20(36)12-18(34)24(38)22(26)28(40)44-10-6-8-32(4)14-16(32)2/h11-12,15-16H,5-10,13-14H2,1-4H3. The van der Waals surface area contributed by atoms with Crippen molar-refractivity contribution < 1.29 is 38.1 Å². The maximum absolute atomic E-state index is 13.0. The summed E-state index contributed by atoms with van der Waals surface area (Å²) < 4.78 is 21.1. The number of rotatable bonds is 12. The van der Waals surface area contributed by atoms with Gasteiger partial charge in [0.25, 0.3) is 0 Å². The lowest BCUT2D eigenvalue weighted by Crippen LogP contribution is -2.27. The van der Waals surface area contributed by atoms with E-state index in [2.05, 4.69) is 27.7 Å². The van der Waals surface area contributed by atoms with Gasteiger partial charge in [-0.3, -0.25) is 0 Å². The molecule has 0 N–H and O–H groups in total. The summed E-state index contributed by atoms with van der Waals surface area (Å²) in [6.45, 7) is 8.76. The van der Waals surface area contributed by atoms with Crippen molar-refractivity contribution in [2.75, 3.05) is 13.2 Å². The number of hydrogen-bond acceptors (Lipinski definition) is 8. The summed E-state index contributed by atoms with van der Waals surface area (Å²) in [7, 11) is 0. The summed E-state index contributed by atoms with van der Waals surface area (Å²) in [5, 5.41) is -1.48. The first-order valence-electron chi connectivity index (χ1n) is 14.6. The number of carbonyl (C=O) groups excluding carboxylic acids is 4. The van der Waals surface area contributed by atoms with Crippen LogP contribution in [0.25, 0.3) is 0 Å². The molecule has 2 saturated carbocycles. The topological polar surface area (TPSA) is 105 Å². The van der Waals surface area contributed by atoms with E-state index in [1.807, 2.05) is 0 Å². The summed E-state index contributed by atoms with van der Waals surface area (Å²) >= 11 is 37.3. The molecule has 0 spiro atoms. The van der Waals surface area contributed by atoms with Crippen molar-refractivity contribution in [1.82, 2.24) is 0 Å². The summed E-state index contributed by atoms with van der Waals surface area (Å²) in [4.78, 5) is 51.9. The van der Waals surface area contributed by atoms with Gasteiger partial charge < -0.3 is 18.9 Å². The van der Waals surface area contributed by atoms with Gasteiger partial charge in [0.2, 0.25) is 0 Å². The Morgan fingerprint density at radius 3 is 1.28 bits per heavy atom. The average molecular weight is 757 g/mol. The average Bonchev–Trinajstić information content (AvgIpc) is 3.81. The van der Waals surface area contributed by atoms with Gasteiger partial charge in [-0.15, -0.1) is 0 Å². The SMILES string of the molecule is CC1CC1(C)CCCOC(=O)c1c(Cl)c(Cl)cc(Cl)c1OC(=O)C(=O)Oc1c(Cl)cc(Cl)c(Cl)c1C(=O)OCCCC1(C)CC1C. The third kappa shape index (κ3) is 8.37. The molecule has 14 heteroatoms. The highest BCUT2D eigenvalue weighted by Crippen LogP contribution is 2.55. The maximum atomic E-state index is 13.0. The highest BCUT2D eigenvalue weighted by Gasteiger charge is 2.46. The minimum absolute atomic E-state index is 0.0597. The van der Waals surface area contributed by atoms with Crippen molar-refractivity contribution in [3.63, 3.8) is 0 Å². The fourth-order valence-corrected chi connectivity index (χ4v) is 6.83. The Morgan fingerprint density at radius 1 is 0.652 bits per heavy atom. The lowest BCUT2D eigenvalue weighted by atomic mass is 10.0. The smallest absolute Gasteiger partial charge is 0.423 e. The monoisotopic (exact) mass is 754 g/mol. The molecule has 0 radical (unpaired) electrons. The Morgan fingerprint density at radius 2 is 0.978 bits per heavy atom. The van der Waals surface area contributed by atoms with Crippen LogP contribution in [0, 0.1) is 22.7 Å². The minimum Gasteiger partial charge on any atom is -0.462 e. The summed E-state index contributed by atoms with van der Waals surface area (Å²) in [5.74, 6) is -5.18. The molecule has 0 aliphatic heterocycles. The molecule has 2 aromatic rings. The van der Waals surface area contributed by atoms with Gasteiger partial charge in [0.1, 0.15) is 11.1 Å². The van der Waals surface area contributed by atoms with Crippen LogP contribution in [0.2, 0.25) is 30.1 Å². The van der Waals surface area contributed by atoms with E-state index >= 15 is 0 Å². The fourth-order valence-electron chi connectivity index (χ4n) is 5.39. The van der Waals surface area contributed by atoms with Gasteiger partial charge in [0.15, 0.2) is 11.5 Å². The molecule has 0 aromatic heterocycles. The van der Waals surface area contributed by atoms with Gasteiger partial charge in [0.05, 0.1) is 43.3 Å². The van der Waals surface area contributed by atoms with Gasteiger partial charge in [-0.1, -0.05) is 97.3 Å². The number of esters is 4. The second-order valence-electron chi connectivity index (χ2n) is 12.5. The van der Waals surface area contributed by atoms with Gasteiger partial charge in [-0.25, -0.2) is 19.2 Å². The van der Waals surface area contributed by atoms with E-state index in [9.17, 15) is 19.2 Å². The largest absolute Gasteiger partial charge is 0.462 e. The molecule has 0 heterocycles. The Bertz CT molecular complexity index is 1460. The Balaban J connectivity index is 1.47. The lowest BCUT2D eigenvalue weighted by molar-refractivity contribution is -0.156. The first-order valence-corrected chi connectivity index (χ1v) is 16.9. The normalized spacial score (nSPS) is 23.0. The van der Waals surface area contributed by atoms with Crippen molar-refractivity contribution >= 4 is 93.5 Å². The molecule has 4 atom stereocenters. The number of benzene rings is 2. The van der Waals surface area contributed by atoms with Crippen LogP contribution in [-0.4, -0.2) is 37.1 Å². The minimum atomic E-state index is -1.64. The molecule has 0 bridgehead atoms. The second-order valence-corrected chi connectivity index (χ2v) is 14.9. The van der Waals surface area contributed by atoms with Gasteiger partial charge in [0, 0.05) is 0 Å². The van der Waals surface area contributed by atoms with E-state index < -0.39 is 46.5 Å². The Kier molecular flexibility index (Phi) is 11.8.